The van der Waals surface area contributed by atoms with Crippen molar-refractivity contribution in [2.75, 3.05) is 0 Å². The summed E-state index contributed by atoms with van der Waals surface area (Å²) >= 11 is 1.66. The van der Waals surface area contributed by atoms with Crippen molar-refractivity contribution in [3.8, 4) is 0 Å². The molecular weight excluding hydrogens is 264 g/mol. The molecule has 104 valence electrons. The summed E-state index contributed by atoms with van der Waals surface area (Å²) in [6, 6.07) is 14.4. The first-order valence-electron chi connectivity index (χ1n) is 7.14. The fraction of sp³-hybridized carbons (Fsp3) is 0.389. The van der Waals surface area contributed by atoms with Crippen molar-refractivity contribution in [2.45, 2.75) is 44.4 Å². The Morgan fingerprint density at radius 2 is 1.70 bits per heavy atom. The Morgan fingerprint density at radius 3 is 2.20 bits per heavy atom. The summed E-state index contributed by atoms with van der Waals surface area (Å²) in [5, 5.41) is 0. The van der Waals surface area contributed by atoms with Gasteiger partial charge in [0.05, 0.1) is 10.3 Å². The number of rotatable bonds is 3. The van der Waals surface area contributed by atoms with E-state index in [9.17, 15) is 4.79 Å². The van der Waals surface area contributed by atoms with Crippen molar-refractivity contribution < 1.29 is 4.79 Å². The lowest BCUT2D eigenvalue weighted by atomic mass is 9.90. The molecule has 0 radical (unpaired) electrons. The minimum atomic E-state index is -0.235. The van der Waals surface area contributed by atoms with Crippen molar-refractivity contribution in [2.24, 2.45) is 0 Å². The largest absolute Gasteiger partial charge is 0.292 e. The first-order valence-corrected chi connectivity index (χ1v) is 7.96. The molecule has 1 aromatic heterocycles. The molecule has 2 aromatic rings. The van der Waals surface area contributed by atoms with Gasteiger partial charge in [0.25, 0.3) is 0 Å². The number of Topliss-reactive ketones (excluding diaryl/α,β-unsaturated/α-hetero) is 1. The topological polar surface area (TPSA) is 17.1 Å². The SMILES string of the molecule is CC(C)(C)c1ccc(C(=O)C2(c3ccccc3)CC2)s1. The molecule has 0 N–H and O–H groups in total. The Bertz CT molecular complexity index is 627. The van der Waals surface area contributed by atoms with Gasteiger partial charge in [-0.2, -0.15) is 0 Å². The molecule has 0 bridgehead atoms. The normalized spacial score (nSPS) is 16.9. The van der Waals surface area contributed by atoms with Crippen LogP contribution < -0.4 is 0 Å². The Labute approximate surface area is 124 Å². The molecule has 20 heavy (non-hydrogen) atoms. The molecule has 1 fully saturated rings. The quantitative estimate of drug-likeness (QED) is 0.728. The van der Waals surface area contributed by atoms with E-state index in [1.54, 1.807) is 11.3 Å². The average molecular weight is 284 g/mol. The van der Waals surface area contributed by atoms with Crippen LogP contribution in [-0.4, -0.2) is 5.78 Å². The summed E-state index contributed by atoms with van der Waals surface area (Å²) in [6.45, 7) is 6.57. The summed E-state index contributed by atoms with van der Waals surface area (Å²) in [5.74, 6) is 0.309. The van der Waals surface area contributed by atoms with Crippen LogP contribution in [0.4, 0.5) is 0 Å². The monoisotopic (exact) mass is 284 g/mol. The van der Waals surface area contributed by atoms with Crippen LogP contribution in [-0.2, 0) is 10.8 Å². The number of carbonyl (C=O) groups is 1. The molecule has 1 saturated carbocycles. The van der Waals surface area contributed by atoms with Crippen molar-refractivity contribution >= 4 is 17.1 Å². The molecule has 0 saturated heterocycles. The second-order valence-corrected chi connectivity index (χ2v) is 7.77. The number of carbonyl (C=O) groups excluding carboxylic acids is 1. The van der Waals surface area contributed by atoms with E-state index in [0.717, 1.165) is 17.7 Å². The average Bonchev–Trinajstić information content (AvgIpc) is 3.07. The summed E-state index contributed by atoms with van der Waals surface area (Å²) < 4.78 is 0. The van der Waals surface area contributed by atoms with Crippen molar-refractivity contribution in [1.82, 2.24) is 0 Å². The van der Waals surface area contributed by atoms with Crippen LogP contribution in [0.2, 0.25) is 0 Å². The van der Waals surface area contributed by atoms with Gasteiger partial charge in [-0.25, -0.2) is 0 Å². The smallest absolute Gasteiger partial charge is 0.183 e. The van der Waals surface area contributed by atoms with Gasteiger partial charge < -0.3 is 0 Å². The highest BCUT2D eigenvalue weighted by molar-refractivity contribution is 7.14. The highest BCUT2D eigenvalue weighted by Crippen LogP contribution is 2.51. The standard InChI is InChI=1S/C18H20OS/c1-17(2,3)15-10-9-14(20-15)16(19)18(11-12-18)13-7-5-4-6-8-13/h4-10H,11-12H2,1-3H3. The molecule has 0 spiro atoms. The second kappa shape index (κ2) is 4.56. The molecule has 1 aliphatic rings. The number of ketones is 1. The second-order valence-electron chi connectivity index (χ2n) is 6.69. The van der Waals surface area contributed by atoms with Gasteiger partial charge in [-0.1, -0.05) is 51.1 Å². The molecule has 1 nitrogen and oxygen atoms in total. The highest BCUT2D eigenvalue weighted by atomic mass is 32.1. The van der Waals surface area contributed by atoms with E-state index in [1.165, 1.54) is 10.4 Å². The zero-order valence-electron chi connectivity index (χ0n) is 12.3. The van der Waals surface area contributed by atoms with Gasteiger partial charge in [0, 0.05) is 4.88 Å². The molecule has 0 unspecified atom stereocenters. The predicted molar refractivity (Wildman–Crippen MR) is 84.7 cm³/mol. The van der Waals surface area contributed by atoms with Gasteiger partial charge >= 0.3 is 0 Å². The number of thiophene rings is 1. The van der Waals surface area contributed by atoms with Gasteiger partial charge in [0.15, 0.2) is 5.78 Å². The summed E-state index contributed by atoms with van der Waals surface area (Å²) in [7, 11) is 0. The van der Waals surface area contributed by atoms with Crippen LogP contribution in [0.1, 0.15) is 53.7 Å². The molecule has 2 heteroatoms. The van der Waals surface area contributed by atoms with E-state index in [-0.39, 0.29) is 10.8 Å². The van der Waals surface area contributed by atoms with Gasteiger partial charge in [-0.05, 0) is 36.0 Å². The zero-order chi connectivity index (χ0) is 14.4. The maximum atomic E-state index is 12.9. The molecular formula is C18H20OS. The molecule has 1 heterocycles. The van der Waals surface area contributed by atoms with Crippen LogP contribution >= 0.6 is 11.3 Å². The fourth-order valence-corrected chi connectivity index (χ4v) is 3.73. The van der Waals surface area contributed by atoms with Gasteiger partial charge in [-0.3, -0.25) is 4.79 Å². The Hall–Kier alpha value is -1.41. The lowest BCUT2D eigenvalue weighted by Crippen LogP contribution is -2.19. The zero-order valence-corrected chi connectivity index (χ0v) is 13.1. The molecule has 3 rings (SSSR count). The van der Waals surface area contributed by atoms with Crippen LogP contribution in [0.3, 0.4) is 0 Å². The van der Waals surface area contributed by atoms with Crippen LogP contribution in [0, 0.1) is 0 Å². The summed E-state index contributed by atoms with van der Waals surface area (Å²) in [4.78, 5) is 15.1. The third-order valence-corrected chi connectivity index (χ3v) is 5.59. The molecule has 1 aliphatic carbocycles. The fourth-order valence-electron chi connectivity index (χ4n) is 2.63. The van der Waals surface area contributed by atoms with E-state index in [1.807, 2.05) is 24.3 Å². The minimum Gasteiger partial charge on any atom is -0.292 e. The van der Waals surface area contributed by atoms with Gasteiger partial charge in [-0.15, -0.1) is 11.3 Å². The predicted octanol–water partition coefficient (Wildman–Crippen LogP) is 4.96. The van der Waals surface area contributed by atoms with E-state index < -0.39 is 0 Å². The first kappa shape index (κ1) is 13.6. The number of hydrogen-bond donors (Lipinski definition) is 0. The third-order valence-electron chi connectivity index (χ3n) is 4.08. The Kier molecular flexibility index (Phi) is 3.09. The van der Waals surface area contributed by atoms with E-state index in [4.69, 9.17) is 0 Å². The number of benzene rings is 1. The van der Waals surface area contributed by atoms with Gasteiger partial charge in [0.1, 0.15) is 0 Å². The maximum Gasteiger partial charge on any atom is 0.183 e. The highest BCUT2D eigenvalue weighted by Gasteiger charge is 2.51. The summed E-state index contributed by atoms with van der Waals surface area (Å²) in [6.07, 6.45) is 1.97. The van der Waals surface area contributed by atoms with Crippen molar-refractivity contribution in [3.05, 3.63) is 57.8 Å². The minimum absolute atomic E-state index is 0.118. The number of hydrogen-bond acceptors (Lipinski definition) is 2. The molecule has 1 aromatic carbocycles. The van der Waals surface area contributed by atoms with Crippen LogP contribution in [0.25, 0.3) is 0 Å². The maximum absolute atomic E-state index is 12.9. The first-order chi connectivity index (χ1) is 9.43. The van der Waals surface area contributed by atoms with E-state index in [0.29, 0.717) is 5.78 Å². The third kappa shape index (κ3) is 2.22. The van der Waals surface area contributed by atoms with Crippen molar-refractivity contribution in [1.29, 1.82) is 0 Å². The Balaban J connectivity index is 1.92. The molecule has 0 aliphatic heterocycles. The molecule has 0 atom stereocenters. The molecule has 0 amide bonds. The Morgan fingerprint density at radius 1 is 1.05 bits per heavy atom. The van der Waals surface area contributed by atoms with Crippen LogP contribution in [0.5, 0.6) is 0 Å². The van der Waals surface area contributed by atoms with Gasteiger partial charge in [0.2, 0.25) is 0 Å². The van der Waals surface area contributed by atoms with E-state index >= 15 is 0 Å². The lowest BCUT2D eigenvalue weighted by molar-refractivity contribution is 0.0950. The summed E-state index contributed by atoms with van der Waals surface area (Å²) in [5.41, 5.74) is 1.06. The lowest BCUT2D eigenvalue weighted by Gasteiger charge is -2.16. The van der Waals surface area contributed by atoms with Crippen LogP contribution in [0.15, 0.2) is 42.5 Å². The van der Waals surface area contributed by atoms with Crippen molar-refractivity contribution in [3.63, 3.8) is 0 Å². The van der Waals surface area contributed by atoms with E-state index in [2.05, 4.69) is 39.0 Å².